The topological polar surface area (TPSA) is 74.3 Å². The van der Waals surface area contributed by atoms with E-state index in [1.165, 1.54) is 18.2 Å². The van der Waals surface area contributed by atoms with E-state index in [1.54, 1.807) is 25.3 Å². The number of aromatic amines is 1. The molecule has 0 aliphatic heterocycles. The third kappa shape index (κ3) is 2.58. The quantitative estimate of drug-likeness (QED) is 0.686. The first-order valence-corrected chi connectivity index (χ1v) is 6.53. The molecule has 0 fully saturated rings. The van der Waals surface area contributed by atoms with Crippen molar-refractivity contribution in [2.75, 3.05) is 12.4 Å². The standard InChI is InChI=1S/C16H13FN2O3/c1-22-11-4-2-3-10(7-11)18-13-5-9(17)6-14-12(13)8-15(19-14)16(20)21/h2-8,18-19H,1H3,(H,20,21). The molecule has 0 radical (unpaired) electrons. The van der Waals surface area contributed by atoms with Gasteiger partial charge in [-0.3, -0.25) is 0 Å². The number of fused-ring (bicyclic) bond motifs is 1. The molecule has 1 aromatic heterocycles. The van der Waals surface area contributed by atoms with E-state index in [9.17, 15) is 9.18 Å². The molecule has 0 amide bonds. The van der Waals surface area contributed by atoms with Gasteiger partial charge in [0.2, 0.25) is 0 Å². The summed E-state index contributed by atoms with van der Waals surface area (Å²) in [5, 5.41) is 12.7. The second kappa shape index (κ2) is 5.40. The molecule has 0 spiro atoms. The number of rotatable bonds is 4. The minimum Gasteiger partial charge on any atom is -0.497 e. The summed E-state index contributed by atoms with van der Waals surface area (Å²) in [5.74, 6) is -0.890. The van der Waals surface area contributed by atoms with Crippen molar-refractivity contribution in [2.24, 2.45) is 0 Å². The number of aromatic carboxylic acids is 1. The van der Waals surface area contributed by atoms with Crippen LogP contribution < -0.4 is 10.1 Å². The number of hydrogen-bond donors (Lipinski definition) is 3. The zero-order valence-electron chi connectivity index (χ0n) is 11.7. The second-order valence-electron chi connectivity index (χ2n) is 4.76. The highest BCUT2D eigenvalue weighted by Gasteiger charge is 2.12. The number of halogens is 1. The van der Waals surface area contributed by atoms with Crippen LogP contribution in [-0.4, -0.2) is 23.2 Å². The van der Waals surface area contributed by atoms with Gasteiger partial charge in [0, 0.05) is 17.1 Å². The summed E-state index contributed by atoms with van der Waals surface area (Å²) in [4.78, 5) is 13.7. The number of H-pyrrole nitrogens is 1. The number of ether oxygens (including phenoxy) is 1. The van der Waals surface area contributed by atoms with Crippen LogP contribution in [0.5, 0.6) is 5.75 Å². The predicted octanol–water partition coefficient (Wildman–Crippen LogP) is 3.76. The summed E-state index contributed by atoms with van der Waals surface area (Å²) < 4.78 is 18.9. The number of aromatic nitrogens is 1. The second-order valence-corrected chi connectivity index (χ2v) is 4.76. The third-order valence-electron chi connectivity index (χ3n) is 3.28. The van der Waals surface area contributed by atoms with Gasteiger partial charge in [-0.25, -0.2) is 9.18 Å². The van der Waals surface area contributed by atoms with Gasteiger partial charge in [-0.1, -0.05) is 6.07 Å². The van der Waals surface area contributed by atoms with Gasteiger partial charge in [-0.05, 0) is 30.3 Å². The van der Waals surface area contributed by atoms with Gasteiger partial charge in [0.05, 0.1) is 18.3 Å². The Morgan fingerprint density at radius 2 is 2.09 bits per heavy atom. The van der Waals surface area contributed by atoms with Gasteiger partial charge < -0.3 is 20.1 Å². The summed E-state index contributed by atoms with van der Waals surface area (Å²) in [6.45, 7) is 0. The monoisotopic (exact) mass is 300 g/mol. The number of methoxy groups -OCH3 is 1. The first-order valence-electron chi connectivity index (χ1n) is 6.53. The lowest BCUT2D eigenvalue weighted by Gasteiger charge is -2.09. The van der Waals surface area contributed by atoms with Gasteiger partial charge in [0.15, 0.2) is 0 Å². The SMILES string of the molecule is COc1cccc(Nc2cc(F)cc3[nH]c(C(=O)O)cc23)c1. The fourth-order valence-corrected chi connectivity index (χ4v) is 2.28. The van der Waals surface area contributed by atoms with Crippen LogP contribution in [0, 0.1) is 5.82 Å². The van der Waals surface area contributed by atoms with Crippen LogP contribution in [0.25, 0.3) is 10.9 Å². The molecule has 0 saturated carbocycles. The molecule has 0 aliphatic rings. The minimum absolute atomic E-state index is 0.00860. The minimum atomic E-state index is -1.09. The first kappa shape index (κ1) is 13.9. The Hall–Kier alpha value is -3.02. The Balaban J connectivity index is 2.07. The number of benzene rings is 2. The Labute approximate surface area is 125 Å². The van der Waals surface area contributed by atoms with Crippen LogP contribution in [0.3, 0.4) is 0 Å². The van der Waals surface area contributed by atoms with Gasteiger partial charge in [-0.15, -0.1) is 0 Å². The number of carbonyl (C=O) groups is 1. The molecule has 0 aliphatic carbocycles. The lowest BCUT2D eigenvalue weighted by molar-refractivity contribution is 0.0691. The number of hydrogen-bond acceptors (Lipinski definition) is 3. The van der Waals surface area contributed by atoms with Crippen LogP contribution in [0.1, 0.15) is 10.5 Å². The summed E-state index contributed by atoms with van der Waals surface area (Å²) in [5.41, 5.74) is 1.62. The normalized spacial score (nSPS) is 10.6. The lowest BCUT2D eigenvalue weighted by Crippen LogP contribution is -1.94. The lowest BCUT2D eigenvalue weighted by atomic mass is 10.2. The molecule has 3 rings (SSSR count). The molecule has 5 nitrogen and oxygen atoms in total. The summed E-state index contributed by atoms with van der Waals surface area (Å²) in [7, 11) is 1.56. The Morgan fingerprint density at radius 1 is 1.27 bits per heavy atom. The molecule has 3 aromatic rings. The zero-order valence-corrected chi connectivity index (χ0v) is 11.7. The molecule has 112 valence electrons. The van der Waals surface area contributed by atoms with E-state index in [-0.39, 0.29) is 5.69 Å². The van der Waals surface area contributed by atoms with Crippen LogP contribution in [-0.2, 0) is 0 Å². The first-order chi connectivity index (χ1) is 10.6. The van der Waals surface area contributed by atoms with Gasteiger partial charge in [0.1, 0.15) is 17.3 Å². The molecule has 22 heavy (non-hydrogen) atoms. The van der Waals surface area contributed by atoms with Crippen molar-refractivity contribution in [3.8, 4) is 5.75 Å². The smallest absolute Gasteiger partial charge is 0.352 e. The molecule has 6 heteroatoms. The Morgan fingerprint density at radius 3 is 2.82 bits per heavy atom. The summed E-state index contributed by atoms with van der Waals surface area (Å²) in [6.07, 6.45) is 0. The van der Waals surface area contributed by atoms with E-state index < -0.39 is 11.8 Å². The average Bonchev–Trinajstić information content (AvgIpc) is 2.91. The average molecular weight is 300 g/mol. The molecular weight excluding hydrogens is 287 g/mol. The Bertz CT molecular complexity index is 858. The van der Waals surface area contributed by atoms with Crippen molar-refractivity contribution >= 4 is 28.2 Å². The molecule has 0 atom stereocenters. The molecule has 2 aromatic carbocycles. The van der Waals surface area contributed by atoms with Crippen LogP contribution in [0.15, 0.2) is 42.5 Å². The van der Waals surface area contributed by atoms with Crippen molar-refractivity contribution in [3.63, 3.8) is 0 Å². The fourth-order valence-electron chi connectivity index (χ4n) is 2.28. The fraction of sp³-hybridized carbons (Fsp3) is 0.0625. The predicted molar refractivity (Wildman–Crippen MR) is 81.5 cm³/mol. The van der Waals surface area contributed by atoms with Crippen molar-refractivity contribution in [1.82, 2.24) is 4.98 Å². The summed E-state index contributed by atoms with van der Waals surface area (Å²) in [6, 6.07) is 11.2. The molecular formula is C16H13FN2O3. The number of carboxylic acids is 1. The van der Waals surface area contributed by atoms with Crippen LogP contribution in [0.4, 0.5) is 15.8 Å². The Kier molecular flexibility index (Phi) is 3.42. The van der Waals surface area contributed by atoms with Gasteiger partial charge in [0.25, 0.3) is 0 Å². The van der Waals surface area contributed by atoms with Crippen molar-refractivity contribution in [2.45, 2.75) is 0 Å². The van der Waals surface area contributed by atoms with Gasteiger partial charge >= 0.3 is 5.97 Å². The maximum Gasteiger partial charge on any atom is 0.352 e. The largest absolute Gasteiger partial charge is 0.497 e. The zero-order chi connectivity index (χ0) is 15.7. The van der Waals surface area contributed by atoms with Crippen molar-refractivity contribution < 1.29 is 19.0 Å². The molecule has 0 unspecified atom stereocenters. The highest BCUT2D eigenvalue weighted by Crippen LogP contribution is 2.29. The maximum absolute atomic E-state index is 13.7. The third-order valence-corrected chi connectivity index (χ3v) is 3.28. The van der Waals surface area contributed by atoms with E-state index in [1.807, 2.05) is 6.07 Å². The number of anilines is 2. The van der Waals surface area contributed by atoms with Gasteiger partial charge in [-0.2, -0.15) is 0 Å². The van der Waals surface area contributed by atoms with E-state index >= 15 is 0 Å². The molecule has 0 bridgehead atoms. The molecule has 0 saturated heterocycles. The summed E-state index contributed by atoms with van der Waals surface area (Å²) >= 11 is 0. The van der Waals surface area contributed by atoms with E-state index in [2.05, 4.69) is 10.3 Å². The maximum atomic E-state index is 13.7. The highest BCUT2D eigenvalue weighted by atomic mass is 19.1. The van der Waals surface area contributed by atoms with Crippen molar-refractivity contribution in [3.05, 3.63) is 54.0 Å². The van der Waals surface area contributed by atoms with Crippen LogP contribution >= 0.6 is 0 Å². The van der Waals surface area contributed by atoms with Crippen LogP contribution in [0.2, 0.25) is 0 Å². The molecule has 1 heterocycles. The van der Waals surface area contributed by atoms with E-state index in [0.717, 1.165) is 0 Å². The molecule has 3 N–H and O–H groups in total. The van der Waals surface area contributed by atoms with E-state index in [0.29, 0.717) is 28.0 Å². The number of carboxylic acid groups (broad SMARTS) is 1. The van der Waals surface area contributed by atoms with Crippen molar-refractivity contribution in [1.29, 1.82) is 0 Å². The highest BCUT2D eigenvalue weighted by molar-refractivity contribution is 6.00. The van der Waals surface area contributed by atoms with E-state index in [4.69, 9.17) is 9.84 Å². The number of nitrogens with one attached hydrogen (secondary N) is 2.